The standard InChI is InChI=1S/C48H55N7O7S/c56-47(52-63(59,60)38-10-12-42(44(28-38)55(57)58)50-29-32-16-24-61-25-17-32)41-11-9-36(27-45(41)62-37-26-34-15-21-49-46(34)51-30-37)53-23-20-48(31-53)18-13-35(14-19-48)54-22-3-6-43(54)40-5-2-1-4-39(40)33-7-8-33/h1-2,4-5,9-12,15,21,26-28,30,32-33,35,43,50H,3,6-8,13-14,16-20,22-25,29,31H2,(H,49,51)(H,52,56)/t35?,43-,48?/m0/s1. The minimum atomic E-state index is -4.54. The third-order valence-electron chi connectivity index (χ3n) is 14.4. The Morgan fingerprint density at radius 2 is 1.75 bits per heavy atom. The van der Waals surface area contributed by atoms with Gasteiger partial charge in [-0.15, -0.1) is 0 Å². The van der Waals surface area contributed by atoms with Gasteiger partial charge in [-0.2, -0.15) is 0 Å². The van der Waals surface area contributed by atoms with E-state index in [0.29, 0.717) is 43.2 Å². The van der Waals surface area contributed by atoms with Gasteiger partial charge in [-0.3, -0.25) is 19.8 Å². The monoisotopic (exact) mass is 873 g/mol. The number of hydrogen-bond acceptors (Lipinski definition) is 11. The van der Waals surface area contributed by atoms with Crippen molar-refractivity contribution in [1.82, 2.24) is 19.6 Å². The first-order valence-electron chi connectivity index (χ1n) is 22.6. The van der Waals surface area contributed by atoms with Crippen LogP contribution in [0, 0.1) is 21.4 Å². The number of rotatable bonds is 13. The van der Waals surface area contributed by atoms with Crippen LogP contribution < -0.4 is 19.7 Å². The smallest absolute Gasteiger partial charge is 0.293 e. The molecule has 3 aromatic carbocycles. The summed E-state index contributed by atoms with van der Waals surface area (Å²) < 4.78 is 41.4. The molecule has 2 aliphatic carbocycles. The number of carbonyl (C=O) groups is 1. The maximum absolute atomic E-state index is 14.0. The third-order valence-corrected chi connectivity index (χ3v) is 15.7. The number of carbonyl (C=O) groups excluding carboxylic acids is 1. The van der Waals surface area contributed by atoms with Crippen LogP contribution in [-0.2, 0) is 14.8 Å². The number of sulfonamides is 1. The van der Waals surface area contributed by atoms with Gasteiger partial charge in [0.15, 0.2) is 0 Å². The molecular weight excluding hydrogens is 819 g/mol. The van der Waals surface area contributed by atoms with Gasteiger partial charge in [-0.25, -0.2) is 18.1 Å². The Labute approximate surface area is 367 Å². The normalized spacial score (nSPS) is 23.3. The van der Waals surface area contributed by atoms with Gasteiger partial charge in [0.05, 0.1) is 21.6 Å². The summed E-state index contributed by atoms with van der Waals surface area (Å²) in [5.41, 5.74) is 4.71. The second kappa shape index (κ2) is 17.2. The molecule has 63 heavy (non-hydrogen) atoms. The number of nitrogens with zero attached hydrogens (tertiary/aromatic N) is 4. The van der Waals surface area contributed by atoms with Gasteiger partial charge < -0.3 is 24.7 Å². The zero-order valence-electron chi connectivity index (χ0n) is 35.5. The maximum Gasteiger partial charge on any atom is 0.293 e. The van der Waals surface area contributed by atoms with Gasteiger partial charge in [0, 0.05) is 74.3 Å². The fourth-order valence-electron chi connectivity index (χ4n) is 10.8. The van der Waals surface area contributed by atoms with E-state index in [9.17, 15) is 23.3 Å². The third kappa shape index (κ3) is 8.75. The first-order chi connectivity index (χ1) is 30.6. The topological polar surface area (TPSA) is 172 Å². The summed E-state index contributed by atoms with van der Waals surface area (Å²) in [5.74, 6) is 0.658. The lowest BCUT2D eigenvalue weighted by atomic mass is 9.71. The molecule has 10 rings (SSSR count). The van der Waals surface area contributed by atoms with Crippen molar-refractivity contribution >= 4 is 44.0 Å². The van der Waals surface area contributed by atoms with E-state index in [1.807, 2.05) is 18.2 Å². The van der Waals surface area contributed by atoms with Crippen LogP contribution in [-0.4, -0.2) is 79.6 Å². The lowest BCUT2D eigenvalue weighted by molar-refractivity contribution is -0.384. The van der Waals surface area contributed by atoms with E-state index in [1.54, 1.807) is 35.7 Å². The van der Waals surface area contributed by atoms with Crippen molar-refractivity contribution in [3.05, 3.63) is 112 Å². The number of hydrogen-bond donors (Lipinski definition) is 3. The average Bonchev–Trinajstić information content (AvgIpc) is 3.61. The number of aromatic amines is 1. The first-order valence-corrected chi connectivity index (χ1v) is 24.1. The van der Waals surface area contributed by atoms with Gasteiger partial charge in [-0.05, 0) is 142 Å². The van der Waals surface area contributed by atoms with E-state index in [-0.39, 0.29) is 28.3 Å². The number of nitro benzene ring substituents is 1. The lowest BCUT2D eigenvalue weighted by Gasteiger charge is -2.43. The summed E-state index contributed by atoms with van der Waals surface area (Å²) in [6.07, 6.45) is 15.9. The summed E-state index contributed by atoms with van der Waals surface area (Å²) in [6.45, 7) is 4.69. The van der Waals surface area contributed by atoms with Crippen molar-refractivity contribution < 1.29 is 27.6 Å². The van der Waals surface area contributed by atoms with Crippen LogP contribution >= 0.6 is 0 Å². The maximum atomic E-state index is 14.0. The molecule has 5 aromatic rings. The number of pyridine rings is 1. The van der Waals surface area contributed by atoms with Crippen LogP contribution in [0.15, 0.2) is 90.1 Å². The van der Waals surface area contributed by atoms with Gasteiger partial charge in [0.2, 0.25) is 0 Å². The first kappa shape index (κ1) is 41.5. The highest BCUT2D eigenvalue weighted by atomic mass is 32.2. The zero-order valence-corrected chi connectivity index (χ0v) is 36.3. The van der Waals surface area contributed by atoms with Gasteiger partial charge in [0.25, 0.3) is 21.6 Å². The number of amides is 1. The number of aromatic nitrogens is 2. The zero-order chi connectivity index (χ0) is 43.1. The fraction of sp³-hybridized carbons (Fsp3) is 0.458. The van der Waals surface area contributed by atoms with Gasteiger partial charge in [-0.1, -0.05) is 24.3 Å². The molecule has 5 heterocycles. The number of anilines is 2. The molecule has 3 saturated heterocycles. The van der Waals surface area contributed by atoms with Crippen LogP contribution in [0.1, 0.15) is 104 Å². The Morgan fingerprint density at radius 1 is 0.937 bits per heavy atom. The van der Waals surface area contributed by atoms with Gasteiger partial charge >= 0.3 is 0 Å². The average molecular weight is 874 g/mol. The van der Waals surface area contributed by atoms with E-state index >= 15 is 0 Å². The minimum Gasteiger partial charge on any atom is -0.455 e. The van der Waals surface area contributed by atoms with Crippen LogP contribution in [0.4, 0.5) is 17.1 Å². The van der Waals surface area contributed by atoms with Crippen LogP contribution in [0.3, 0.4) is 0 Å². The number of nitrogens with one attached hydrogen (secondary N) is 3. The second-order valence-electron chi connectivity index (χ2n) is 18.4. The Hall–Kier alpha value is -5.51. The van der Waals surface area contributed by atoms with Crippen LogP contribution in [0.25, 0.3) is 11.0 Å². The SMILES string of the molecule is O=C(NS(=O)(=O)c1ccc(NCC2CCOCC2)c([N+](=O)[O-])c1)c1ccc(N2CCC3(CCC(N4CCC[C@H]4c4ccccc4C4CC4)CC3)C2)cc1Oc1cnc2[nH]ccc2c1. The Bertz CT molecular complexity index is 2620. The Balaban J connectivity index is 0.854. The predicted octanol–water partition coefficient (Wildman–Crippen LogP) is 9.07. The second-order valence-corrected chi connectivity index (χ2v) is 20.1. The number of ether oxygens (including phenoxy) is 2. The van der Waals surface area contributed by atoms with E-state index in [0.717, 1.165) is 68.3 Å². The molecule has 5 aliphatic rings. The summed E-state index contributed by atoms with van der Waals surface area (Å²) in [4.78, 5) is 37.8. The number of H-pyrrole nitrogens is 1. The Morgan fingerprint density at radius 3 is 2.54 bits per heavy atom. The van der Waals surface area contributed by atoms with Crippen LogP contribution in [0.5, 0.6) is 11.5 Å². The molecule has 3 aliphatic heterocycles. The van der Waals surface area contributed by atoms with Crippen molar-refractivity contribution in [3.8, 4) is 11.5 Å². The molecule has 1 atom stereocenters. The summed E-state index contributed by atoms with van der Waals surface area (Å²) in [6, 6.07) is 22.8. The van der Waals surface area contributed by atoms with E-state index in [1.165, 1.54) is 57.2 Å². The van der Waals surface area contributed by atoms with Crippen molar-refractivity contribution in [2.24, 2.45) is 11.3 Å². The molecule has 14 nitrogen and oxygen atoms in total. The number of benzene rings is 3. The number of fused-ring (bicyclic) bond motifs is 1. The van der Waals surface area contributed by atoms with Crippen molar-refractivity contribution in [2.45, 2.75) is 93.5 Å². The summed E-state index contributed by atoms with van der Waals surface area (Å²) in [5, 5.41) is 16.0. The molecule has 15 heteroatoms. The minimum absolute atomic E-state index is 0.00131. The largest absolute Gasteiger partial charge is 0.455 e. The summed E-state index contributed by atoms with van der Waals surface area (Å²) >= 11 is 0. The van der Waals surface area contributed by atoms with Crippen molar-refractivity contribution in [3.63, 3.8) is 0 Å². The van der Waals surface area contributed by atoms with E-state index in [2.05, 4.69) is 54.1 Å². The highest BCUT2D eigenvalue weighted by Gasteiger charge is 2.44. The number of likely N-dealkylation sites (tertiary alicyclic amines) is 1. The number of nitro groups is 1. The summed E-state index contributed by atoms with van der Waals surface area (Å²) in [7, 11) is -4.54. The van der Waals surface area contributed by atoms with E-state index in [4.69, 9.17) is 9.47 Å². The molecule has 2 saturated carbocycles. The molecule has 0 radical (unpaired) electrons. The molecule has 330 valence electrons. The van der Waals surface area contributed by atoms with E-state index < -0.39 is 31.4 Å². The fourth-order valence-corrected chi connectivity index (χ4v) is 11.7. The molecule has 5 fully saturated rings. The molecule has 1 spiro atoms. The molecule has 0 bridgehead atoms. The van der Waals surface area contributed by atoms with Crippen LogP contribution in [0.2, 0.25) is 0 Å². The quantitative estimate of drug-likeness (QED) is 0.0761. The Kier molecular flexibility index (Phi) is 11.3. The molecular formula is C48H55N7O7S. The molecule has 2 aromatic heterocycles. The van der Waals surface area contributed by atoms with Crippen molar-refractivity contribution in [2.75, 3.05) is 49.6 Å². The highest BCUT2D eigenvalue weighted by molar-refractivity contribution is 7.90. The van der Waals surface area contributed by atoms with Crippen molar-refractivity contribution in [1.29, 1.82) is 0 Å². The molecule has 3 N–H and O–H groups in total. The predicted molar refractivity (Wildman–Crippen MR) is 241 cm³/mol. The highest BCUT2D eigenvalue weighted by Crippen LogP contribution is 2.50. The van der Waals surface area contributed by atoms with Gasteiger partial charge in [0.1, 0.15) is 22.8 Å². The molecule has 0 unspecified atom stereocenters. The lowest BCUT2D eigenvalue weighted by Crippen LogP contribution is -2.41. The molecule has 1 amide bonds.